The molecule has 2 rings (SSSR count). The van der Waals surface area contributed by atoms with E-state index in [1.54, 1.807) is 12.1 Å². The number of rotatable bonds is 6. The fourth-order valence-electron chi connectivity index (χ4n) is 1.92. The maximum atomic E-state index is 11.1. The molecule has 0 radical (unpaired) electrons. The van der Waals surface area contributed by atoms with E-state index >= 15 is 0 Å². The van der Waals surface area contributed by atoms with Gasteiger partial charge in [0.15, 0.2) is 0 Å². The number of nitrogens with two attached hydrogens (primary N) is 2. The van der Waals surface area contributed by atoms with E-state index in [0.717, 1.165) is 24.5 Å². The van der Waals surface area contributed by atoms with Crippen LogP contribution in [0, 0.1) is 0 Å². The number of benzene rings is 1. The van der Waals surface area contributed by atoms with Gasteiger partial charge in [-0.2, -0.15) is 0 Å². The molecule has 104 valence electrons. The molecule has 1 aromatic heterocycles. The zero-order valence-corrected chi connectivity index (χ0v) is 11.2. The highest BCUT2D eigenvalue weighted by molar-refractivity contribution is 5.92. The molecular weight excluding hydrogens is 252 g/mol. The lowest BCUT2D eigenvalue weighted by molar-refractivity contribution is 0.1000. The third-order valence-electron chi connectivity index (χ3n) is 2.96. The van der Waals surface area contributed by atoms with Crippen LogP contribution < -0.4 is 16.4 Å². The lowest BCUT2D eigenvalue weighted by Gasteiger charge is -2.23. The highest BCUT2D eigenvalue weighted by Crippen LogP contribution is 2.23. The summed E-state index contributed by atoms with van der Waals surface area (Å²) in [6, 6.07) is 13.4. The quantitative estimate of drug-likeness (QED) is 0.836. The molecule has 4 N–H and O–H groups in total. The van der Waals surface area contributed by atoms with Crippen LogP contribution in [0.3, 0.4) is 0 Å². The largest absolute Gasteiger partial charge is 0.366 e. The van der Waals surface area contributed by atoms with Crippen LogP contribution in [0.5, 0.6) is 0 Å². The van der Waals surface area contributed by atoms with E-state index in [4.69, 9.17) is 11.5 Å². The Morgan fingerprint density at radius 2 is 1.90 bits per heavy atom. The van der Waals surface area contributed by atoms with Gasteiger partial charge in [0.2, 0.25) is 5.91 Å². The first-order valence-electron chi connectivity index (χ1n) is 6.51. The van der Waals surface area contributed by atoms with Crippen molar-refractivity contribution in [1.29, 1.82) is 0 Å². The van der Waals surface area contributed by atoms with Crippen LogP contribution in [0.1, 0.15) is 16.8 Å². The standard InChI is InChI=1S/C15H18N4O/c16-9-4-10-19(13-5-2-1-3-6-13)14-8-7-12(11-18-14)15(17)20/h1-3,5-8,11H,4,9-10,16H2,(H2,17,20). The van der Waals surface area contributed by atoms with Gasteiger partial charge in [0.05, 0.1) is 5.56 Å². The van der Waals surface area contributed by atoms with Crippen LogP contribution in [0.25, 0.3) is 0 Å². The van der Waals surface area contributed by atoms with Crippen molar-refractivity contribution in [3.8, 4) is 0 Å². The van der Waals surface area contributed by atoms with Crippen LogP contribution in [0.2, 0.25) is 0 Å². The monoisotopic (exact) mass is 270 g/mol. The molecule has 5 heteroatoms. The number of anilines is 2. The number of nitrogens with zero attached hydrogens (tertiary/aromatic N) is 2. The van der Waals surface area contributed by atoms with Gasteiger partial charge in [-0.1, -0.05) is 18.2 Å². The third kappa shape index (κ3) is 3.33. The molecule has 5 nitrogen and oxygen atoms in total. The molecule has 0 spiro atoms. The van der Waals surface area contributed by atoms with Crippen molar-refractivity contribution in [2.45, 2.75) is 6.42 Å². The minimum absolute atomic E-state index is 0.403. The summed E-state index contributed by atoms with van der Waals surface area (Å²) in [5, 5.41) is 0. The maximum Gasteiger partial charge on any atom is 0.250 e. The summed E-state index contributed by atoms with van der Waals surface area (Å²) in [5.74, 6) is 0.298. The minimum Gasteiger partial charge on any atom is -0.366 e. The van der Waals surface area contributed by atoms with E-state index in [1.165, 1.54) is 6.20 Å². The Labute approximate surface area is 118 Å². The lowest BCUT2D eigenvalue weighted by Crippen LogP contribution is -2.22. The molecular formula is C15H18N4O. The number of aromatic nitrogens is 1. The van der Waals surface area contributed by atoms with E-state index in [1.807, 2.05) is 30.3 Å². The van der Waals surface area contributed by atoms with Crippen LogP contribution in [-0.4, -0.2) is 24.0 Å². The van der Waals surface area contributed by atoms with Gasteiger partial charge in [-0.05, 0) is 37.2 Å². The zero-order valence-electron chi connectivity index (χ0n) is 11.2. The Morgan fingerprint density at radius 1 is 1.15 bits per heavy atom. The molecule has 0 saturated carbocycles. The Morgan fingerprint density at radius 3 is 2.45 bits per heavy atom. The summed E-state index contributed by atoms with van der Waals surface area (Å²) >= 11 is 0. The smallest absolute Gasteiger partial charge is 0.250 e. The van der Waals surface area contributed by atoms with Crippen molar-refractivity contribution in [1.82, 2.24) is 4.98 Å². The second-order valence-electron chi connectivity index (χ2n) is 4.40. The highest BCUT2D eigenvalue weighted by atomic mass is 16.1. The van der Waals surface area contributed by atoms with Gasteiger partial charge in [-0.15, -0.1) is 0 Å². The topological polar surface area (TPSA) is 85.2 Å². The Bertz CT molecular complexity index is 554. The summed E-state index contributed by atoms with van der Waals surface area (Å²) in [6.07, 6.45) is 2.35. The van der Waals surface area contributed by atoms with Gasteiger partial charge in [0, 0.05) is 18.4 Å². The van der Waals surface area contributed by atoms with Gasteiger partial charge < -0.3 is 16.4 Å². The normalized spacial score (nSPS) is 10.2. The Balaban J connectivity index is 2.28. The highest BCUT2D eigenvalue weighted by Gasteiger charge is 2.10. The SMILES string of the molecule is NCCCN(c1ccccc1)c1ccc(C(N)=O)cn1. The van der Waals surface area contributed by atoms with E-state index < -0.39 is 5.91 Å². The van der Waals surface area contributed by atoms with Gasteiger partial charge in [-0.25, -0.2) is 4.98 Å². The maximum absolute atomic E-state index is 11.1. The summed E-state index contributed by atoms with van der Waals surface area (Å²) in [7, 11) is 0. The molecule has 20 heavy (non-hydrogen) atoms. The molecule has 0 saturated heterocycles. The number of carbonyl (C=O) groups excluding carboxylic acids is 1. The first-order valence-corrected chi connectivity index (χ1v) is 6.51. The van der Waals surface area contributed by atoms with Crippen molar-refractivity contribution >= 4 is 17.4 Å². The summed E-state index contributed by atoms with van der Waals surface area (Å²) in [6.45, 7) is 1.38. The molecule has 0 fully saturated rings. The van der Waals surface area contributed by atoms with E-state index in [9.17, 15) is 4.79 Å². The van der Waals surface area contributed by atoms with Gasteiger partial charge >= 0.3 is 0 Å². The van der Waals surface area contributed by atoms with Gasteiger partial charge in [-0.3, -0.25) is 4.79 Å². The summed E-state index contributed by atoms with van der Waals surface area (Å²) in [4.78, 5) is 17.5. The molecule has 2 aromatic rings. The first kappa shape index (κ1) is 14.0. The molecule has 0 atom stereocenters. The number of hydrogen-bond donors (Lipinski definition) is 2. The number of pyridine rings is 1. The number of carbonyl (C=O) groups is 1. The van der Waals surface area contributed by atoms with Gasteiger partial charge in [0.25, 0.3) is 0 Å². The van der Waals surface area contributed by atoms with Gasteiger partial charge in [0.1, 0.15) is 5.82 Å². The second-order valence-corrected chi connectivity index (χ2v) is 4.40. The van der Waals surface area contributed by atoms with Crippen LogP contribution in [0.4, 0.5) is 11.5 Å². The van der Waals surface area contributed by atoms with Crippen LogP contribution in [0.15, 0.2) is 48.7 Å². The van der Waals surface area contributed by atoms with Crippen LogP contribution in [-0.2, 0) is 0 Å². The van der Waals surface area contributed by atoms with Crippen molar-refractivity contribution in [3.05, 3.63) is 54.2 Å². The van der Waals surface area contributed by atoms with E-state index in [2.05, 4.69) is 9.88 Å². The fraction of sp³-hybridized carbons (Fsp3) is 0.200. The van der Waals surface area contributed by atoms with Crippen molar-refractivity contribution in [3.63, 3.8) is 0 Å². The molecule has 0 bridgehead atoms. The molecule has 1 aromatic carbocycles. The predicted octanol–water partition coefficient (Wildman–Crippen LogP) is 1.67. The molecule has 1 amide bonds. The average molecular weight is 270 g/mol. The number of amides is 1. The third-order valence-corrected chi connectivity index (χ3v) is 2.96. The minimum atomic E-state index is -0.475. The molecule has 0 aliphatic heterocycles. The molecule has 0 aliphatic rings. The lowest BCUT2D eigenvalue weighted by atomic mass is 10.2. The fourth-order valence-corrected chi connectivity index (χ4v) is 1.92. The van der Waals surface area contributed by atoms with Crippen molar-refractivity contribution < 1.29 is 4.79 Å². The van der Waals surface area contributed by atoms with Crippen molar-refractivity contribution in [2.75, 3.05) is 18.0 Å². The zero-order chi connectivity index (χ0) is 14.4. The van der Waals surface area contributed by atoms with E-state index in [-0.39, 0.29) is 0 Å². The summed E-state index contributed by atoms with van der Waals surface area (Å²) in [5.41, 5.74) is 12.3. The molecule has 0 aliphatic carbocycles. The van der Waals surface area contributed by atoms with Crippen molar-refractivity contribution in [2.24, 2.45) is 11.5 Å². The van der Waals surface area contributed by atoms with E-state index in [0.29, 0.717) is 12.1 Å². The Hall–Kier alpha value is -2.40. The molecule has 0 unspecified atom stereocenters. The van der Waals surface area contributed by atoms with Crippen LogP contribution >= 0.6 is 0 Å². The number of primary amides is 1. The second kappa shape index (κ2) is 6.68. The Kier molecular flexibility index (Phi) is 4.68. The first-order chi connectivity index (χ1) is 9.72. The average Bonchev–Trinajstić information content (AvgIpc) is 2.49. The number of para-hydroxylation sites is 1. The number of hydrogen-bond acceptors (Lipinski definition) is 4. The summed E-state index contributed by atoms with van der Waals surface area (Å²) < 4.78 is 0. The molecule has 1 heterocycles. The predicted molar refractivity (Wildman–Crippen MR) is 79.9 cm³/mol.